The molecule has 4 rings (SSSR count). The van der Waals surface area contributed by atoms with Crippen LogP contribution in [0.5, 0.6) is 11.6 Å². The molecule has 2 aromatic heterocycles. The number of nitrogens with zero attached hydrogens (tertiary/aromatic N) is 4. The van der Waals surface area contributed by atoms with E-state index in [1.54, 1.807) is 18.3 Å². The standard InChI is InChI=1S/C23H21N5O2/c1-15(27-29)17-8-13-22(24-14-17)30-19-11-9-18(10-12-19)28(3)23-20-6-4-5-7-21(20)25-16(2)26-23/h4-14,27,29H,1H2,2-3H3. The van der Waals surface area contributed by atoms with Crippen molar-refractivity contribution in [3.63, 3.8) is 0 Å². The number of hydrogen-bond acceptors (Lipinski definition) is 7. The molecule has 0 aliphatic rings. The molecule has 0 saturated carbocycles. The van der Waals surface area contributed by atoms with Crippen LogP contribution in [-0.2, 0) is 0 Å². The summed E-state index contributed by atoms with van der Waals surface area (Å²) in [6.07, 6.45) is 1.57. The lowest BCUT2D eigenvalue weighted by atomic mass is 10.2. The van der Waals surface area contributed by atoms with E-state index in [0.29, 0.717) is 22.9 Å². The molecule has 150 valence electrons. The van der Waals surface area contributed by atoms with Gasteiger partial charge in [0, 0.05) is 35.9 Å². The molecule has 0 amide bonds. The van der Waals surface area contributed by atoms with Gasteiger partial charge in [-0.15, -0.1) is 0 Å². The highest BCUT2D eigenvalue weighted by Crippen LogP contribution is 2.30. The van der Waals surface area contributed by atoms with Crippen LogP contribution in [0.15, 0.2) is 73.4 Å². The third-order valence-corrected chi connectivity index (χ3v) is 4.68. The zero-order valence-electron chi connectivity index (χ0n) is 16.7. The second-order valence-electron chi connectivity index (χ2n) is 6.74. The van der Waals surface area contributed by atoms with Gasteiger partial charge in [-0.2, -0.15) is 0 Å². The third-order valence-electron chi connectivity index (χ3n) is 4.68. The highest BCUT2D eigenvalue weighted by atomic mass is 16.5. The Bertz CT molecular complexity index is 1190. The fraction of sp³-hybridized carbons (Fsp3) is 0.0870. The van der Waals surface area contributed by atoms with Crippen LogP contribution >= 0.6 is 0 Å². The van der Waals surface area contributed by atoms with Crippen LogP contribution in [0.3, 0.4) is 0 Å². The van der Waals surface area contributed by atoms with Crippen molar-refractivity contribution in [2.75, 3.05) is 11.9 Å². The molecule has 0 radical (unpaired) electrons. The minimum Gasteiger partial charge on any atom is -0.439 e. The Labute approximate surface area is 174 Å². The molecule has 4 aromatic rings. The molecule has 0 aliphatic carbocycles. The van der Waals surface area contributed by atoms with Gasteiger partial charge in [-0.3, -0.25) is 10.7 Å². The molecule has 2 heterocycles. The average Bonchev–Trinajstić information content (AvgIpc) is 2.78. The predicted molar refractivity (Wildman–Crippen MR) is 117 cm³/mol. The summed E-state index contributed by atoms with van der Waals surface area (Å²) in [6, 6.07) is 19.1. The minimum atomic E-state index is 0.369. The van der Waals surface area contributed by atoms with Gasteiger partial charge in [0.2, 0.25) is 5.88 Å². The largest absolute Gasteiger partial charge is 0.439 e. The van der Waals surface area contributed by atoms with Crippen LogP contribution in [0.4, 0.5) is 11.5 Å². The molecule has 0 spiro atoms. The van der Waals surface area contributed by atoms with Crippen LogP contribution in [0, 0.1) is 6.92 Å². The van der Waals surface area contributed by atoms with Crippen LogP contribution in [-0.4, -0.2) is 27.2 Å². The first-order valence-corrected chi connectivity index (χ1v) is 9.35. The topological polar surface area (TPSA) is 83.4 Å². The van der Waals surface area contributed by atoms with Gasteiger partial charge in [-0.1, -0.05) is 18.7 Å². The van der Waals surface area contributed by atoms with E-state index in [0.717, 1.165) is 28.2 Å². The molecule has 7 heteroatoms. The van der Waals surface area contributed by atoms with E-state index in [1.807, 2.05) is 72.9 Å². The third kappa shape index (κ3) is 3.92. The predicted octanol–water partition coefficient (Wildman–Crippen LogP) is 4.84. The summed E-state index contributed by atoms with van der Waals surface area (Å²) in [5.41, 5.74) is 4.94. The van der Waals surface area contributed by atoms with E-state index in [9.17, 15) is 0 Å². The number of pyridine rings is 1. The van der Waals surface area contributed by atoms with Gasteiger partial charge in [-0.05, 0) is 49.4 Å². The average molecular weight is 399 g/mol. The van der Waals surface area contributed by atoms with Gasteiger partial charge < -0.3 is 9.64 Å². The number of aryl methyl sites for hydroxylation is 1. The van der Waals surface area contributed by atoms with E-state index in [2.05, 4.69) is 21.5 Å². The van der Waals surface area contributed by atoms with E-state index in [1.165, 1.54) is 0 Å². The van der Waals surface area contributed by atoms with Crippen LogP contribution in [0.1, 0.15) is 11.4 Å². The Kier molecular flexibility index (Phi) is 5.28. The van der Waals surface area contributed by atoms with E-state index in [4.69, 9.17) is 9.94 Å². The SMILES string of the molecule is C=C(NO)c1ccc(Oc2ccc(N(C)c3nc(C)nc4ccccc34)cc2)nc1. The van der Waals surface area contributed by atoms with E-state index < -0.39 is 0 Å². The first-order chi connectivity index (χ1) is 14.5. The second-order valence-corrected chi connectivity index (χ2v) is 6.74. The van der Waals surface area contributed by atoms with Crippen molar-refractivity contribution in [1.82, 2.24) is 20.4 Å². The number of hydrogen-bond donors (Lipinski definition) is 2. The van der Waals surface area contributed by atoms with Crippen molar-refractivity contribution in [2.24, 2.45) is 0 Å². The van der Waals surface area contributed by atoms with Gasteiger partial charge in [0.15, 0.2) is 0 Å². The molecule has 0 aliphatic heterocycles. The van der Waals surface area contributed by atoms with Crippen molar-refractivity contribution in [3.8, 4) is 11.6 Å². The number of para-hydroxylation sites is 1. The quantitative estimate of drug-likeness (QED) is 0.449. The number of nitrogens with one attached hydrogen (secondary N) is 1. The Balaban J connectivity index is 1.54. The summed E-state index contributed by atoms with van der Waals surface area (Å²) in [5, 5.41) is 9.89. The maximum Gasteiger partial charge on any atom is 0.219 e. The van der Waals surface area contributed by atoms with Gasteiger partial charge in [0.05, 0.1) is 11.2 Å². The number of ether oxygens (including phenoxy) is 1. The lowest BCUT2D eigenvalue weighted by molar-refractivity contribution is 0.225. The summed E-state index contributed by atoms with van der Waals surface area (Å²) < 4.78 is 5.81. The molecular weight excluding hydrogens is 378 g/mol. The van der Waals surface area contributed by atoms with E-state index >= 15 is 0 Å². The molecular formula is C23H21N5O2. The van der Waals surface area contributed by atoms with Crippen molar-refractivity contribution >= 4 is 28.1 Å². The highest BCUT2D eigenvalue weighted by Gasteiger charge is 2.12. The molecule has 0 bridgehead atoms. The smallest absolute Gasteiger partial charge is 0.219 e. The maximum atomic E-state index is 8.90. The summed E-state index contributed by atoms with van der Waals surface area (Å²) in [4.78, 5) is 15.4. The fourth-order valence-corrected chi connectivity index (χ4v) is 3.09. The molecule has 0 saturated heterocycles. The van der Waals surface area contributed by atoms with Crippen molar-refractivity contribution in [1.29, 1.82) is 0 Å². The van der Waals surface area contributed by atoms with Gasteiger partial charge >= 0.3 is 0 Å². The number of benzene rings is 2. The van der Waals surface area contributed by atoms with Crippen molar-refractivity contribution in [3.05, 3.63) is 84.8 Å². The van der Waals surface area contributed by atoms with E-state index in [-0.39, 0.29) is 0 Å². The van der Waals surface area contributed by atoms with Gasteiger partial charge in [0.1, 0.15) is 17.4 Å². The number of rotatable bonds is 6. The van der Waals surface area contributed by atoms with Crippen LogP contribution in [0.25, 0.3) is 16.6 Å². The number of fused-ring (bicyclic) bond motifs is 1. The molecule has 7 nitrogen and oxygen atoms in total. The zero-order valence-corrected chi connectivity index (χ0v) is 16.7. The lowest BCUT2D eigenvalue weighted by Gasteiger charge is -2.20. The van der Waals surface area contributed by atoms with Crippen LogP contribution in [0.2, 0.25) is 0 Å². The molecule has 0 fully saturated rings. The summed E-state index contributed by atoms with van der Waals surface area (Å²) in [7, 11) is 1.98. The zero-order chi connectivity index (χ0) is 21.1. The maximum absolute atomic E-state index is 8.90. The van der Waals surface area contributed by atoms with Crippen LogP contribution < -0.4 is 15.1 Å². The van der Waals surface area contributed by atoms with Crippen molar-refractivity contribution in [2.45, 2.75) is 6.92 Å². The Morgan fingerprint density at radius 2 is 1.80 bits per heavy atom. The number of anilines is 2. The number of aromatic nitrogens is 3. The molecule has 2 N–H and O–H groups in total. The Morgan fingerprint density at radius 1 is 1.03 bits per heavy atom. The highest BCUT2D eigenvalue weighted by molar-refractivity contribution is 5.91. The normalized spacial score (nSPS) is 10.6. The number of hydroxylamine groups is 1. The fourth-order valence-electron chi connectivity index (χ4n) is 3.09. The monoisotopic (exact) mass is 399 g/mol. The molecule has 0 unspecified atom stereocenters. The van der Waals surface area contributed by atoms with Crippen molar-refractivity contribution < 1.29 is 9.94 Å². The van der Waals surface area contributed by atoms with Gasteiger partial charge in [-0.25, -0.2) is 15.0 Å². The summed E-state index contributed by atoms with van der Waals surface area (Å²) >= 11 is 0. The summed E-state index contributed by atoms with van der Waals surface area (Å²) in [5.74, 6) is 2.68. The first kappa shape index (κ1) is 19.4. The molecule has 0 atom stereocenters. The lowest BCUT2D eigenvalue weighted by Crippen LogP contribution is -2.12. The first-order valence-electron chi connectivity index (χ1n) is 9.35. The molecule has 2 aromatic carbocycles. The minimum absolute atomic E-state index is 0.369. The second kappa shape index (κ2) is 8.18. The van der Waals surface area contributed by atoms with Gasteiger partial charge in [0.25, 0.3) is 0 Å². The Morgan fingerprint density at radius 3 is 2.50 bits per heavy atom. The molecule has 30 heavy (non-hydrogen) atoms. The Hall–Kier alpha value is -3.97. The summed E-state index contributed by atoms with van der Waals surface area (Å²) in [6.45, 7) is 5.57.